The number of fused-ring (bicyclic) bond motifs is 8. The van der Waals surface area contributed by atoms with Crippen LogP contribution in [0.2, 0.25) is 0 Å². The van der Waals surface area contributed by atoms with Crippen LogP contribution in [0.5, 0.6) is 0 Å². The second-order valence-electron chi connectivity index (χ2n) is 7.60. The van der Waals surface area contributed by atoms with Gasteiger partial charge in [-0.05, 0) is 84.5 Å². The molecule has 8 heteroatoms. The molecule has 0 radical (unpaired) electrons. The average Bonchev–Trinajstić information content (AvgIpc) is 3.53. The Balaban J connectivity index is 0.00000108. The summed E-state index contributed by atoms with van der Waals surface area (Å²) in [5.41, 5.74) is 8.88. The molecule has 0 unspecified atom stereocenters. The number of rotatable bonds is 1. The van der Waals surface area contributed by atoms with Crippen LogP contribution in [0.3, 0.4) is 0 Å². The van der Waals surface area contributed by atoms with Crippen LogP contribution < -0.4 is 24.8 Å². The Morgan fingerprint density at radius 2 is 1.21 bits per heavy atom. The fraction of sp³-hybridized carbons (Fsp3) is 0. The number of aromatic nitrogens is 4. The van der Waals surface area contributed by atoms with Crippen LogP contribution in [0.4, 0.5) is 4.39 Å². The molecule has 0 atom stereocenters. The summed E-state index contributed by atoms with van der Waals surface area (Å²) in [5, 5.41) is 0. The van der Waals surface area contributed by atoms with E-state index in [1.807, 2.05) is 72.8 Å². The number of hydrogen-bond donors (Lipinski definition) is 2. The first-order valence-corrected chi connectivity index (χ1v) is 10.0. The van der Waals surface area contributed by atoms with Crippen LogP contribution >= 0.6 is 0 Å². The summed E-state index contributed by atoms with van der Waals surface area (Å²) in [6, 6.07) is 20.7. The summed E-state index contributed by atoms with van der Waals surface area (Å²) in [7, 11) is 0. The minimum Gasteiger partial charge on any atom is -1.00 e. The van der Waals surface area contributed by atoms with Crippen LogP contribution in [0.15, 0.2) is 66.7 Å². The molecule has 0 saturated carbocycles. The van der Waals surface area contributed by atoms with Crippen molar-refractivity contribution >= 4 is 46.4 Å². The van der Waals surface area contributed by atoms with Gasteiger partial charge < -0.3 is 34.8 Å². The van der Waals surface area contributed by atoms with E-state index in [1.165, 1.54) is 6.07 Å². The van der Waals surface area contributed by atoms with Gasteiger partial charge in [-0.2, -0.15) is 0 Å². The molecule has 0 fully saturated rings. The van der Waals surface area contributed by atoms with Gasteiger partial charge in [0.1, 0.15) is 5.82 Å². The first-order valence-electron chi connectivity index (χ1n) is 10.0. The quantitative estimate of drug-likeness (QED) is 0.304. The second kappa shape index (κ2) is 10.4. The Morgan fingerprint density at radius 3 is 1.88 bits per heavy atom. The van der Waals surface area contributed by atoms with Crippen LogP contribution in [0.1, 0.15) is 22.8 Å². The minimum absolute atomic E-state index is 0. The maximum Gasteiger partial charge on any atom is 2.00 e. The number of halogens is 3. The Bertz CT molecular complexity index is 1570. The zero-order valence-electron chi connectivity index (χ0n) is 17.5. The van der Waals surface area contributed by atoms with Gasteiger partial charge in [-0.25, -0.2) is 14.4 Å². The molecule has 6 rings (SSSR count). The van der Waals surface area contributed by atoms with Crippen molar-refractivity contribution in [1.82, 2.24) is 19.9 Å². The second-order valence-corrected chi connectivity index (χ2v) is 7.60. The van der Waals surface area contributed by atoms with E-state index in [0.29, 0.717) is 0 Å². The van der Waals surface area contributed by atoms with E-state index in [2.05, 4.69) is 15.0 Å². The number of nitrogens with one attached hydrogen (secondary N) is 2. The van der Waals surface area contributed by atoms with E-state index in [1.54, 1.807) is 12.1 Å². The summed E-state index contributed by atoms with van der Waals surface area (Å²) in [6.07, 6.45) is 7.91. The first kappa shape index (κ1) is 25.5. The minimum atomic E-state index is -0.261. The number of H-pyrrole nitrogens is 2. The topological polar surface area (TPSA) is 57.4 Å². The van der Waals surface area contributed by atoms with Gasteiger partial charge in [-0.3, -0.25) is 0 Å². The van der Waals surface area contributed by atoms with Crippen LogP contribution in [-0.4, -0.2) is 19.9 Å². The van der Waals surface area contributed by atoms with Crippen LogP contribution in [-0.2, 0) is 17.1 Å². The van der Waals surface area contributed by atoms with E-state index in [4.69, 9.17) is 4.98 Å². The molecule has 2 aliphatic rings. The molecule has 1 aromatic carbocycles. The van der Waals surface area contributed by atoms with Gasteiger partial charge in [-0.15, -0.1) is 0 Å². The molecule has 2 N–H and O–H groups in total. The molecule has 3 aromatic heterocycles. The van der Waals surface area contributed by atoms with Crippen molar-refractivity contribution in [2.24, 2.45) is 0 Å². The van der Waals surface area contributed by atoms with Crippen molar-refractivity contribution in [2.75, 3.05) is 0 Å². The predicted molar refractivity (Wildman–Crippen MR) is 124 cm³/mol. The van der Waals surface area contributed by atoms with E-state index in [0.717, 1.165) is 56.0 Å². The molecule has 4 aromatic rings. The zero-order chi connectivity index (χ0) is 20.8. The predicted octanol–water partition coefficient (Wildman–Crippen LogP) is 0.467. The molecule has 5 heterocycles. The van der Waals surface area contributed by atoms with Gasteiger partial charge in [0.2, 0.25) is 0 Å². The van der Waals surface area contributed by atoms with Crippen LogP contribution in [0, 0.1) is 5.82 Å². The van der Waals surface area contributed by atoms with Gasteiger partial charge in [0.15, 0.2) is 0 Å². The van der Waals surface area contributed by atoms with E-state index in [9.17, 15) is 4.39 Å². The molecule has 0 spiro atoms. The number of hydrogen-bond acceptors (Lipinski definition) is 2. The fourth-order valence-corrected chi connectivity index (χ4v) is 3.91. The number of aromatic amines is 2. The monoisotopic (exact) mass is 530 g/mol. The maximum absolute atomic E-state index is 13.9. The molecule has 34 heavy (non-hydrogen) atoms. The third-order valence-corrected chi connectivity index (χ3v) is 5.30. The molecule has 170 valence electrons. The summed E-state index contributed by atoms with van der Waals surface area (Å²) in [6.45, 7) is 0. The zero-order valence-corrected chi connectivity index (χ0v) is 20.2. The maximum atomic E-state index is 13.9. The average molecular weight is 531 g/mol. The Morgan fingerprint density at radius 1 is 0.588 bits per heavy atom. The molecular weight excluding hydrogens is 514 g/mol. The van der Waals surface area contributed by atoms with Crippen molar-refractivity contribution < 1.29 is 46.3 Å². The standard InChI is InChI=1S/C26H17FN4.2ClH.Fe/c27-17-3-1-2-16(10-17)25-14-24-13-22-7-6-20(29-22)11-18-4-5-19(28-18)12-21-8-9-23(30-21)15-26(25)31-24;;;/h1-15,29,31H;2*1H;/q;;;+2/p-2. The van der Waals surface area contributed by atoms with Crippen molar-refractivity contribution in [2.45, 2.75) is 0 Å². The molecule has 0 amide bonds. The van der Waals surface area contributed by atoms with Crippen molar-refractivity contribution in [3.63, 3.8) is 0 Å². The Hall–Kier alpha value is -3.15. The Labute approximate surface area is 218 Å². The van der Waals surface area contributed by atoms with Crippen molar-refractivity contribution in [3.8, 4) is 11.1 Å². The van der Waals surface area contributed by atoms with Gasteiger partial charge in [0, 0.05) is 27.6 Å². The first-order chi connectivity index (χ1) is 15.2. The van der Waals surface area contributed by atoms with Crippen LogP contribution in [0.25, 0.3) is 57.5 Å². The molecule has 8 bridgehead atoms. The number of nitrogens with zero attached hydrogens (tertiary/aromatic N) is 2. The molecule has 4 nitrogen and oxygen atoms in total. The van der Waals surface area contributed by atoms with Gasteiger partial charge in [-0.1, -0.05) is 12.1 Å². The summed E-state index contributed by atoms with van der Waals surface area (Å²) >= 11 is 0. The third-order valence-electron chi connectivity index (χ3n) is 5.30. The van der Waals surface area contributed by atoms with Gasteiger partial charge in [0.05, 0.1) is 22.8 Å². The smallest absolute Gasteiger partial charge is 1.00 e. The third kappa shape index (κ3) is 5.16. The van der Waals surface area contributed by atoms with E-state index in [-0.39, 0.29) is 47.7 Å². The summed E-state index contributed by atoms with van der Waals surface area (Å²) in [5.74, 6) is -0.261. The van der Waals surface area contributed by atoms with Crippen molar-refractivity contribution in [1.29, 1.82) is 0 Å². The normalized spacial score (nSPS) is 11.3. The molecule has 0 aliphatic carbocycles. The van der Waals surface area contributed by atoms with E-state index >= 15 is 0 Å². The van der Waals surface area contributed by atoms with Crippen molar-refractivity contribution in [3.05, 3.63) is 95.3 Å². The molecular formula is C26H17Cl2FFeN4. The fourth-order valence-electron chi connectivity index (χ4n) is 3.91. The number of benzene rings is 1. The summed E-state index contributed by atoms with van der Waals surface area (Å²) < 4.78 is 13.9. The molecule has 2 aliphatic heterocycles. The van der Waals surface area contributed by atoms with Gasteiger partial charge >= 0.3 is 17.1 Å². The SMILES string of the molecule is Fc1cccc(-c2cc3cc4ccc(cc5nc(cc6nc(cc2[nH]3)C=C6)C=C5)[nH]4)c1.[Cl-].[Cl-].[Fe+2]. The van der Waals surface area contributed by atoms with Gasteiger partial charge in [0.25, 0.3) is 0 Å². The molecule has 0 saturated heterocycles. The van der Waals surface area contributed by atoms with E-state index < -0.39 is 0 Å². The Kier molecular flexibility index (Phi) is 7.80. The largest absolute Gasteiger partial charge is 2.00 e. The summed E-state index contributed by atoms with van der Waals surface area (Å²) in [4.78, 5) is 16.2.